The molecular formula is C19H23NO4S. The Morgan fingerprint density at radius 2 is 1.76 bits per heavy atom. The summed E-state index contributed by atoms with van der Waals surface area (Å²) in [4.78, 5) is 0.184. The lowest BCUT2D eigenvalue weighted by atomic mass is 10.1. The molecule has 0 radical (unpaired) electrons. The Balaban J connectivity index is 1.86. The molecule has 1 aliphatic rings. The maximum absolute atomic E-state index is 12.8. The van der Waals surface area contributed by atoms with Crippen LogP contribution in [-0.2, 0) is 16.4 Å². The monoisotopic (exact) mass is 361 g/mol. The Hall–Kier alpha value is -2.05. The third-order valence-corrected chi connectivity index (χ3v) is 5.72. The van der Waals surface area contributed by atoms with Crippen LogP contribution >= 0.6 is 0 Å². The van der Waals surface area contributed by atoms with Crippen molar-refractivity contribution in [1.29, 1.82) is 0 Å². The molecule has 0 saturated carbocycles. The molecule has 0 aliphatic heterocycles. The van der Waals surface area contributed by atoms with E-state index in [-0.39, 0.29) is 10.9 Å². The van der Waals surface area contributed by atoms with E-state index in [2.05, 4.69) is 4.72 Å². The minimum atomic E-state index is -3.64. The van der Waals surface area contributed by atoms with Crippen molar-refractivity contribution in [3.8, 4) is 11.5 Å². The number of hydrogen-bond acceptors (Lipinski definition) is 4. The SMILES string of the molecule is CCOc1ccc(S(=O)(=O)N[C@H]2CCc3ccccc32)cc1OCC. The predicted octanol–water partition coefficient (Wildman–Crippen LogP) is 3.45. The Morgan fingerprint density at radius 3 is 2.52 bits per heavy atom. The summed E-state index contributed by atoms with van der Waals surface area (Å²) in [6.07, 6.45) is 1.66. The molecule has 6 heteroatoms. The van der Waals surface area contributed by atoms with Crippen molar-refractivity contribution in [1.82, 2.24) is 4.72 Å². The maximum atomic E-state index is 12.8. The number of hydrogen-bond donors (Lipinski definition) is 1. The molecule has 2 aromatic rings. The van der Waals surface area contributed by atoms with Crippen LogP contribution in [0, 0.1) is 0 Å². The van der Waals surface area contributed by atoms with Gasteiger partial charge in [0, 0.05) is 12.1 Å². The van der Waals surface area contributed by atoms with E-state index in [0.717, 1.165) is 18.4 Å². The highest BCUT2D eigenvalue weighted by atomic mass is 32.2. The van der Waals surface area contributed by atoms with Crippen molar-refractivity contribution >= 4 is 10.0 Å². The molecule has 0 spiro atoms. The quantitative estimate of drug-likeness (QED) is 0.820. The second-order valence-corrected chi connectivity index (χ2v) is 7.60. The van der Waals surface area contributed by atoms with Gasteiger partial charge in [-0.1, -0.05) is 24.3 Å². The minimum absolute atomic E-state index is 0.184. The lowest BCUT2D eigenvalue weighted by Crippen LogP contribution is -2.27. The van der Waals surface area contributed by atoms with Gasteiger partial charge in [-0.25, -0.2) is 13.1 Å². The van der Waals surface area contributed by atoms with E-state index in [1.807, 2.05) is 38.1 Å². The van der Waals surface area contributed by atoms with Crippen molar-refractivity contribution < 1.29 is 17.9 Å². The largest absolute Gasteiger partial charge is 0.490 e. The van der Waals surface area contributed by atoms with Gasteiger partial charge in [0.2, 0.25) is 10.0 Å². The Kier molecular flexibility index (Phi) is 5.30. The van der Waals surface area contributed by atoms with E-state index < -0.39 is 10.0 Å². The number of fused-ring (bicyclic) bond motifs is 1. The summed E-state index contributed by atoms with van der Waals surface area (Å²) in [6.45, 7) is 4.65. The van der Waals surface area contributed by atoms with E-state index >= 15 is 0 Å². The summed E-state index contributed by atoms with van der Waals surface area (Å²) in [5.41, 5.74) is 2.26. The smallest absolute Gasteiger partial charge is 0.241 e. The van der Waals surface area contributed by atoms with Gasteiger partial charge in [0.1, 0.15) is 0 Å². The third-order valence-electron chi connectivity index (χ3n) is 4.26. The number of ether oxygens (including phenoxy) is 2. The first-order valence-electron chi connectivity index (χ1n) is 8.55. The summed E-state index contributed by atoms with van der Waals surface area (Å²) >= 11 is 0. The van der Waals surface area contributed by atoms with Gasteiger partial charge in [0.25, 0.3) is 0 Å². The van der Waals surface area contributed by atoms with E-state index in [0.29, 0.717) is 24.7 Å². The zero-order valence-corrected chi connectivity index (χ0v) is 15.3. The van der Waals surface area contributed by atoms with Crippen molar-refractivity contribution in [2.24, 2.45) is 0 Å². The normalized spacial score (nSPS) is 16.5. The molecule has 0 fully saturated rings. The molecule has 1 atom stereocenters. The molecule has 2 aromatic carbocycles. The van der Waals surface area contributed by atoms with E-state index in [4.69, 9.17) is 9.47 Å². The minimum Gasteiger partial charge on any atom is -0.490 e. The molecule has 0 bridgehead atoms. The highest BCUT2D eigenvalue weighted by molar-refractivity contribution is 7.89. The second-order valence-electron chi connectivity index (χ2n) is 5.89. The number of benzene rings is 2. The lowest BCUT2D eigenvalue weighted by Gasteiger charge is -2.16. The molecule has 5 nitrogen and oxygen atoms in total. The van der Waals surface area contributed by atoms with Crippen molar-refractivity contribution in [2.45, 2.75) is 37.6 Å². The zero-order valence-electron chi connectivity index (χ0n) is 14.5. The predicted molar refractivity (Wildman–Crippen MR) is 96.6 cm³/mol. The highest BCUT2D eigenvalue weighted by Crippen LogP contribution is 2.34. The summed E-state index contributed by atoms with van der Waals surface area (Å²) < 4.78 is 39.5. The van der Waals surface area contributed by atoms with Crippen LogP contribution in [0.15, 0.2) is 47.4 Å². The maximum Gasteiger partial charge on any atom is 0.241 e. The van der Waals surface area contributed by atoms with Gasteiger partial charge in [-0.3, -0.25) is 0 Å². The van der Waals surface area contributed by atoms with Gasteiger partial charge in [-0.2, -0.15) is 0 Å². The Bertz CT molecular complexity index is 848. The van der Waals surface area contributed by atoms with Crippen LogP contribution in [0.5, 0.6) is 11.5 Å². The van der Waals surface area contributed by atoms with Crippen LogP contribution in [0.4, 0.5) is 0 Å². The molecule has 0 unspecified atom stereocenters. The van der Waals surface area contributed by atoms with E-state index in [1.54, 1.807) is 12.1 Å². The third kappa shape index (κ3) is 3.80. The first-order valence-corrected chi connectivity index (χ1v) is 10.0. The lowest BCUT2D eigenvalue weighted by molar-refractivity contribution is 0.287. The summed E-state index contributed by atoms with van der Waals surface area (Å²) in [7, 11) is -3.64. The molecular weight excluding hydrogens is 338 g/mol. The van der Waals surface area contributed by atoms with Gasteiger partial charge in [0.15, 0.2) is 11.5 Å². The molecule has 0 aromatic heterocycles. The Labute approximate surface area is 149 Å². The molecule has 134 valence electrons. The molecule has 1 N–H and O–H groups in total. The fraction of sp³-hybridized carbons (Fsp3) is 0.368. The molecule has 25 heavy (non-hydrogen) atoms. The van der Waals surface area contributed by atoms with Crippen LogP contribution in [0.2, 0.25) is 0 Å². The topological polar surface area (TPSA) is 64.6 Å². The van der Waals surface area contributed by atoms with Crippen molar-refractivity contribution in [3.05, 3.63) is 53.6 Å². The average molecular weight is 361 g/mol. The van der Waals surface area contributed by atoms with Crippen molar-refractivity contribution in [3.63, 3.8) is 0 Å². The summed E-state index contributed by atoms with van der Waals surface area (Å²) in [5, 5.41) is 0. The first-order chi connectivity index (χ1) is 12.0. The number of nitrogens with one attached hydrogen (secondary N) is 1. The van der Waals surface area contributed by atoms with Gasteiger partial charge in [-0.15, -0.1) is 0 Å². The number of aryl methyl sites for hydroxylation is 1. The van der Waals surface area contributed by atoms with Crippen LogP contribution in [-0.4, -0.2) is 21.6 Å². The van der Waals surface area contributed by atoms with Crippen LogP contribution < -0.4 is 14.2 Å². The number of sulfonamides is 1. The molecule has 0 heterocycles. The second kappa shape index (κ2) is 7.45. The molecule has 3 rings (SSSR count). The van der Waals surface area contributed by atoms with Gasteiger partial charge in [0.05, 0.1) is 18.1 Å². The first kappa shape index (κ1) is 17.8. The molecule has 0 amide bonds. The molecule has 0 saturated heterocycles. The Morgan fingerprint density at radius 1 is 1.04 bits per heavy atom. The summed E-state index contributed by atoms with van der Waals surface area (Å²) in [6, 6.07) is 12.5. The van der Waals surface area contributed by atoms with E-state index in [1.165, 1.54) is 11.6 Å². The average Bonchev–Trinajstić information content (AvgIpc) is 2.99. The highest BCUT2D eigenvalue weighted by Gasteiger charge is 2.27. The molecule has 1 aliphatic carbocycles. The fourth-order valence-electron chi connectivity index (χ4n) is 3.13. The number of rotatable bonds is 7. The standard InChI is InChI=1S/C19H23NO4S/c1-3-23-18-12-10-15(13-19(18)24-4-2)25(21,22)20-17-11-9-14-7-5-6-8-16(14)17/h5-8,10,12-13,17,20H,3-4,9,11H2,1-2H3/t17-/m0/s1. The van der Waals surface area contributed by atoms with Crippen LogP contribution in [0.3, 0.4) is 0 Å². The van der Waals surface area contributed by atoms with Gasteiger partial charge >= 0.3 is 0 Å². The fourth-order valence-corrected chi connectivity index (χ4v) is 4.40. The van der Waals surface area contributed by atoms with E-state index in [9.17, 15) is 8.42 Å². The van der Waals surface area contributed by atoms with Crippen molar-refractivity contribution in [2.75, 3.05) is 13.2 Å². The van der Waals surface area contributed by atoms with Crippen LogP contribution in [0.25, 0.3) is 0 Å². The van der Waals surface area contributed by atoms with Gasteiger partial charge in [-0.05, 0) is 49.9 Å². The van der Waals surface area contributed by atoms with Crippen LogP contribution in [0.1, 0.15) is 37.4 Å². The van der Waals surface area contributed by atoms with Gasteiger partial charge < -0.3 is 9.47 Å². The zero-order chi connectivity index (χ0) is 17.9. The summed E-state index contributed by atoms with van der Waals surface area (Å²) in [5.74, 6) is 0.994.